The van der Waals surface area contributed by atoms with Crippen LogP contribution < -0.4 is 10.1 Å². The largest absolute Gasteiger partial charge is 0.484 e. The zero-order chi connectivity index (χ0) is 21.1. The van der Waals surface area contributed by atoms with Gasteiger partial charge in [0, 0.05) is 18.1 Å². The van der Waals surface area contributed by atoms with Crippen molar-refractivity contribution in [3.63, 3.8) is 0 Å². The molecule has 0 aliphatic heterocycles. The standard InChI is InChI=1S/C23H29ClN2O3/c1-3-4-15-25-23(28)18(2)26(16-14-19-8-6-5-7-9-19)22(27)17-29-21-12-10-20(24)11-13-21/h5-13,18H,3-4,14-17H2,1-2H3,(H,25,28). The summed E-state index contributed by atoms with van der Waals surface area (Å²) in [5, 5.41) is 3.51. The van der Waals surface area contributed by atoms with Crippen LogP contribution in [0.2, 0.25) is 5.02 Å². The third kappa shape index (κ3) is 7.78. The van der Waals surface area contributed by atoms with E-state index in [4.69, 9.17) is 16.3 Å². The molecule has 0 radical (unpaired) electrons. The summed E-state index contributed by atoms with van der Waals surface area (Å²) >= 11 is 5.88. The van der Waals surface area contributed by atoms with E-state index in [-0.39, 0.29) is 18.4 Å². The molecule has 2 amide bonds. The predicted molar refractivity (Wildman–Crippen MR) is 116 cm³/mol. The molecule has 1 atom stereocenters. The van der Waals surface area contributed by atoms with Crippen molar-refractivity contribution in [2.45, 2.75) is 39.2 Å². The van der Waals surface area contributed by atoms with Crippen molar-refractivity contribution < 1.29 is 14.3 Å². The van der Waals surface area contributed by atoms with Gasteiger partial charge in [-0.3, -0.25) is 9.59 Å². The van der Waals surface area contributed by atoms with Crippen LogP contribution in [0.15, 0.2) is 54.6 Å². The van der Waals surface area contributed by atoms with Crippen LogP contribution >= 0.6 is 11.6 Å². The van der Waals surface area contributed by atoms with Crippen molar-refractivity contribution in [1.82, 2.24) is 10.2 Å². The van der Waals surface area contributed by atoms with Gasteiger partial charge in [-0.05, 0) is 49.6 Å². The molecule has 2 aromatic carbocycles. The summed E-state index contributed by atoms with van der Waals surface area (Å²) in [6.45, 7) is 4.74. The quantitative estimate of drug-likeness (QED) is 0.561. The first-order chi connectivity index (χ1) is 14.0. The first-order valence-electron chi connectivity index (χ1n) is 10.0. The molecule has 0 aliphatic rings. The van der Waals surface area contributed by atoms with E-state index >= 15 is 0 Å². The van der Waals surface area contributed by atoms with Crippen LogP contribution in [0.3, 0.4) is 0 Å². The molecule has 0 saturated heterocycles. The lowest BCUT2D eigenvalue weighted by atomic mass is 10.1. The first kappa shape index (κ1) is 22.8. The van der Waals surface area contributed by atoms with Gasteiger partial charge in [-0.1, -0.05) is 55.3 Å². The highest BCUT2D eigenvalue weighted by Gasteiger charge is 2.25. The molecule has 5 nitrogen and oxygen atoms in total. The number of amides is 2. The lowest BCUT2D eigenvalue weighted by Crippen LogP contribution is -2.50. The van der Waals surface area contributed by atoms with E-state index in [0.717, 1.165) is 18.4 Å². The number of hydrogen-bond donors (Lipinski definition) is 1. The Bertz CT molecular complexity index is 765. The molecule has 0 aliphatic carbocycles. The van der Waals surface area contributed by atoms with Crippen LogP contribution in [-0.4, -0.2) is 42.5 Å². The Kier molecular flexibility index (Phi) is 9.51. The molecule has 1 N–H and O–H groups in total. The van der Waals surface area contributed by atoms with Gasteiger partial charge < -0.3 is 15.0 Å². The number of benzene rings is 2. The van der Waals surface area contributed by atoms with Crippen molar-refractivity contribution in [3.8, 4) is 5.75 Å². The number of halogens is 1. The second-order valence-electron chi connectivity index (χ2n) is 6.89. The molecule has 0 bridgehead atoms. The Morgan fingerprint density at radius 3 is 2.45 bits per heavy atom. The van der Waals surface area contributed by atoms with Crippen molar-refractivity contribution in [2.24, 2.45) is 0 Å². The number of rotatable bonds is 11. The van der Waals surface area contributed by atoms with Gasteiger partial charge in [0.1, 0.15) is 11.8 Å². The van der Waals surface area contributed by atoms with E-state index in [2.05, 4.69) is 12.2 Å². The third-order valence-electron chi connectivity index (χ3n) is 4.66. The number of carbonyl (C=O) groups excluding carboxylic acids is 2. The molecule has 1 unspecified atom stereocenters. The van der Waals surface area contributed by atoms with Gasteiger partial charge in [-0.2, -0.15) is 0 Å². The summed E-state index contributed by atoms with van der Waals surface area (Å²) in [6.07, 6.45) is 2.58. The second-order valence-corrected chi connectivity index (χ2v) is 7.32. The van der Waals surface area contributed by atoms with Crippen LogP contribution in [0, 0.1) is 0 Å². The SMILES string of the molecule is CCCCNC(=O)C(C)N(CCc1ccccc1)C(=O)COc1ccc(Cl)cc1. The van der Waals surface area contributed by atoms with Crippen LogP contribution in [0.25, 0.3) is 0 Å². The first-order valence-corrected chi connectivity index (χ1v) is 10.4. The number of hydrogen-bond acceptors (Lipinski definition) is 3. The van der Waals surface area contributed by atoms with Crippen molar-refractivity contribution in [3.05, 3.63) is 65.2 Å². The summed E-state index contributed by atoms with van der Waals surface area (Å²) in [6, 6.07) is 16.2. The van der Waals surface area contributed by atoms with Crippen molar-refractivity contribution in [2.75, 3.05) is 19.7 Å². The molecular formula is C23H29ClN2O3. The predicted octanol–water partition coefficient (Wildman–Crippen LogP) is 4.09. The van der Waals surface area contributed by atoms with Gasteiger partial charge in [0.15, 0.2) is 6.61 Å². The maximum Gasteiger partial charge on any atom is 0.261 e. The van der Waals surface area contributed by atoms with Crippen molar-refractivity contribution >= 4 is 23.4 Å². The van der Waals surface area contributed by atoms with Gasteiger partial charge >= 0.3 is 0 Å². The number of carbonyl (C=O) groups is 2. The van der Waals surface area contributed by atoms with Crippen LogP contribution in [-0.2, 0) is 16.0 Å². The van der Waals surface area contributed by atoms with Gasteiger partial charge in [-0.25, -0.2) is 0 Å². The van der Waals surface area contributed by atoms with Gasteiger partial charge in [-0.15, -0.1) is 0 Å². The molecule has 0 heterocycles. The Morgan fingerprint density at radius 2 is 1.79 bits per heavy atom. The average Bonchev–Trinajstić information content (AvgIpc) is 2.74. The molecule has 156 valence electrons. The number of nitrogens with one attached hydrogen (secondary N) is 1. The third-order valence-corrected chi connectivity index (χ3v) is 4.91. The summed E-state index contributed by atoms with van der Waals surface area (Å²) in [5.74, 6) is 0.186. The maximum absolute atomic E-state index is 12.9. The molecule has 0 saturated carbocycles. The summed E-state index contributed by atoms with van der Waals surface area (Å²) in [5.41, 5.74) is 1.11. The summed E-state index contributed by atoms with van der Waals surface area (Å²) in [4.78, 5) is 27.0. The van der Waals surface area contributed by atoms with Gasteiger partial charge in [0.25, 0.3) is 5.91 Å². The second kappa shape index (κ2) is 12.1. The molecule has 2 aromatic rings. The molecule has 0 fully saturated rings. The minimum atomic E-state index is -0.572. The normalized spacial score (nSPS) is 11.6. The molecule has 0 aromatic heterocycles. The van der Waals surface area contributed by atoms with Crippen LogP contribution in [0.4, 0.5) is 0 Å². The van der Waals surface area contributed by atoms with E-state index in [1.54, 1.807) is 36.1 Å². The number of unbranched alkanes of at least 4 members (excludes halogenated alkanes) is 1. The smallest absolute Gasteiger partial charge is 0.261 e. The molecule has 2 rings (SSSR count). The van der Waals surface area contributed by atoms with Crippen LogP contribution in [0.1, 0.15) is 32.3 Å². The van der Waals surface area contributed by atoms with E-state index in [9.17, 15) is 9.59 Å². The molecule has 6 heteroatoms. The highest BCUT2D eigenvalue weighted by molar-refractivity contribution is 6.30. The lowest BCUT2D eigenvalue weighted by Gasteiger charge is -2.28. The Hall–Kier alpha value is -2.53. The Balaban J connectivity index is 2.01. The fourth-order valence-electron chi connectivity index (χ4n) is 2.86. The van der Waals surface area contributed by atoms with Crippen molar-refractivity contribution in [1.29, 1.82) is 0 Å². The van der Waals surface area contributed by atoms with E-state index in [0.29, 0.717) is 30.3 Å². The van der Waals surface area contributed by atoms with E-state index in [1.807, 2.05) is 30.3 Å². The van der Waals surface area contributed by atoms with Gasteiger partial charge in [0.05, 0.1) is 0 Å². The van der Waals surface area contributed by atoms with E-state index < -0.39 is 6.04 Å². The fraction of sp³-hybridized carbons (Fsp3) is 0.391. The van der Waals surface area contributed by atoms with Crippen LogP contribution in [0.5, 0.6) is 5.75 Å². The fourth-order valence-corrected chi connectivity index (χ4v) is 2.99. The zero-order valence-electron chi connectivity index (χ0n) is 17.1. The van der Waals surface area contributed by atoms with Gasteiger partial charge in [0.2, 0.25) is 5.91 Å². The topological polar surface area (TPSA) is 58.6 Å². The Labute approximate surface area is 178 Å². The minimum Gasteiger partial charge on any atom is -0.484 e. The molecular weight excluding hydrogens is 388 g/mol. The highest BCUT2D eigenvalue weighted by Crippen LogP contribution is 2.16. The minimum absolute atomic E-state index is 0.136. The Morgan fingerprint density at radius 1 is 1.10 bits per heavy atom. The monoisotopic (exact) mass is 416 g/mol. The lowest BCUT2D eigenvalue weighted by molar-refractivity contribution is -0.141. The average molecular weight is 417 g/mol. The zero-order valence-corrected chi connectivity index (χ0v) is 17.8. The number of ether oxygens (including phenoxy) is 1. The number of nitrogens with zero attached hydrogens (tertiary/aromatic N) is 1. The summed E-state index contributed by atoms with van der Waals surface area (Å²) in [7, 11) is 0. The molecule has 0 spiro atoms. The van der Waals surface area contributed by atoms with E-state index in [1.165, 1.54) is 0 Å². The highest BCUT2D eigenvalue weighted by atomic mass is 35.5. The summed E-state index contributed by atoms with van der Waals surface area (Å²) < 4.78 is 5.60. The molecule has 29 heavy (non-hydrogen) atoms. The maximum atomic E-state index is 12.9.